The van der Waals surface area contributed by atoms with Gasteiger partial charge in [0.1, 0.15) is 0 Å². The molecule has 0 aromatic carbocycles. The maximum Gasteiger partial charge on any atom is 0.0983 e. The molecule has 0 spiro atoms. The summed E-state index contributed by atoms with van der Waals surface area (Å²) in [5.74, 6) is 1.17. The van der Waals surface area contributed by atoms with Crippen LogP contribution in [0.3, 0.4) is 0 Å². The van der Waals surface area contributed by atoms with Gasteiger partial charge in [-0.05, 0) is 51.2 Å². The van der Waals surface area contributed by atoms with Crippen molar-refractivity contribution in [1.82, 2.24) is 9.80 Å². The summed E-state index contributed by atoms with van der Waals surface area (Å²) in [4.78, 5) is 4.92. The van der Waals surface area contributed by atoms with Gasteiger partial charge in [-0.3, -0.25) is 0 Å². The minimum Gasteiger partial charge on any atom is -0.331 e. The Morgan fingerprint density at radius 1 is 0.880 bits per heavy atom. The molecule has 0 aromatic heterocycles. The number of nitrogens with zero attached hydrogens (tertiary/aromatic N) is 2. The fourth-order valence-electron chi connectivity index (χ4n) is 5.17. The quantitative estimate of drug-likeness (QED) is 0.592. The van der Waals surface area contributed by atoms with E-state index in [2.05, 4.69) is 89.7 Å². The summed E-state index contributed by atoms with van der Waals surface area (Å²) in [6, 6.07) is 0. The van der Waals surface area contributed by atoms with E-state index in [1.807, 2.05) is 0 Å². The van der Waals surface area contributed by atoms with Crippen molar-refractivity contribution in [2.24, 2.45) is 17.3 Å². The zero-order valence-electron chi connectivity index (χ0n) is 17.3. The van der Waals surface area contributed by atoms with Crippen LogP contribution < -0.4 is 0 Å². The first-order chi connectivity index (χ1) is 11.6. The minimum atomic E-state index is 0.189. The molecule has 1 heterocycles. The first-order valence-corrected chi connectivity index (χ1v) is 9.61. The SMILES string of the molecule is CC1=CC(C)=C(N2C=CN(C3=C(C)C=C(C)C(C)C3C)C2)C(C)(C)C1. The predicted octanol–water partition coefficient (Wildman–Crippen LogP) is 6.19. The molecule has 136 valence electrons. The van der Waals surface area contributed by atoms with Crippen LogP contribution in [-0.2, 0) is 0 Å². The summed E-state index contributed by atoms with van der Waals surface area (Å²) >= 11 is 0. The van der Waals surface area contributed by atoms with Crippen LogP contribution in [0.15, 0.2) is 58.2 Å². The Morgan fingerprint density at radius 2 is 1.52 bits per heavy atom. The number of hydrogen-bond acceptors (Lipinski definition) is 2. The van der Waals surface area contributed by atoms with Gasteiger partial charge in [0.25, 0.3) is 0 Å². The summed E-state index contributed by atoms with van der Waals surface area (Å²) in [5.41, 5.74) is 8.95. The summed E-state index contributed by atoms with van der Waals surface area (Å²) in [6.45, 7) is 19.4. The Hall–Kier alpha value is -1.70. The van der Waals surface area contributed by atoms with Crippen LogP contribution in [0, 0.1) is 17.3 Å². The lowest BCUT2D eigenvalue weighted by Crippen LogP contribution is -2.35. The van der Waals surface area contributed by atoms with Gasteiger partial charge in [-0.1, -0.05) is 51.0 Å². The van der Waals surface area contributed by atoms with E-state index >= 15 is 0 Å². The van der Waals surface area contributed by atoms with E-state index < -0.39 is 0 Å². The van der Waals surface area contributed by atoms with Crippen molar-refractivity contribution in [3.05, 3.63) is 58.2 Å². The Labute approximate surface area is 154 Å². The molecule has 0 fully saturated rings. The second-order valence-corrected chi connectivity index (χ2v) is 9.00. The summed E-state index contributed by atoms with van der Waals surface area (Å²) in [6.07, 6.45) is 10.4. The Bertz CT molecular complexity index is 727. The van der Waals surface area contributed by atoms with E-state index in [-0.39, 0.29) is 5.41 Å². The standard InChI is InChI=1S/C23H34N2/c1-15-11-18(4)22(23(7,8)13-15)25-10-9-24(14-25)21-17(3)12-16(2)19(5)20(21)6/h9-12,19-20H,13-14H2,1-8H3. The van der Waals surface area contributed by atoms with Crippen molar-refractivity contribution in [3.63, 3.8) is 0 Å². The van der Waals surface area contributed by atoms with Crippen LogP contribution in [0.1, 0.15) is 61.8 Å². The molecule has 1 aliphatic heterocycles. The van der Waals surface area contributed by atoms with Gasteiger partial charge in [0.05, 0.1) is 6.67 Å². The van der Waals surface area contributed by atoms with Crippen molar-refractivity contribution in [2.75, 3.05) is 6.67 Å². The zero-order valence-corrected chi connectivity index (χ0v) is 17.3. The molecule has 2 atom stereocenters. The van der Waals surface area contributed by atoms with Gasteiger partial charge in [0, 0.05) is 35.1 Å². The van der Waals surface area contributed by atoms with Crippen molar-refractivity contribution >= 4 is 0 Å². The largest absolute Gasteiger partial charge is 0.331 e. The normalized spacial score (nSPS) is 29.4. The fourth-order valence-corrected chi connectivity index (χ4v) is 5.17. The number of hydrogen-bond donors (Lipinski definition) is 0. The third-order valence-electron chi connectivity index (χ3n) is 6.27. The van der Waals surface area contributed by atoms with E-state index in [4.69, 9.17) is 0 Å². The minimum absolute atomic E-state index is 0.189. The van der Waals surface area contributed by atoms with Gasteiger partial charge >= 0.3 is 0 Å². The van der Waals surface area contributed by atoms with Crippen molar-refractivity contribution in [3.8, 4) is 0 Å². The van der Waals surface area contributed by atoms with E-state index in [0.717, 1.165) is 13.1 Å². The molecule has 3 rings (SSSR count). The Kier molecular flexibility index (Phi) is 4.51. The predicted molar refractivity (Wildman–Crippen MR) is 107 cm³/mol. The van der Waals surface area contributed by atoms with Gasteiger partial charge in [0.2, 0.25) is 0 Å². The maximum atomic E-state index is 2.46. The molecular weight excluding hydrogens is 304 g/mol. The molecule has 0 saturated carbocycles. The molecule has 0 bridgehead atoms. The zero-order chi connectivity index (χ0) is 18.5. The van der Waals surface area contributed by atoms with Crippen molar-refractivity contribution < 1.29 is 0 Å². The summed E-state index contributed by atoms with van der Waals surface area (Å²) in [7, 11) is 0. The first kappa shape index (κ1) is 18.1. The fraction of sp³-hybridized carbons (Fsp3) is 0.565. The summed E-state index contributed by atoms with van der Waals surface area (Å²) < 4.78 is 0. The molecule has 2 nitrogen and oxygen atoms in total. The van der Waals surface area contributed by atoms with Crippen LogP contribution in [0.25, 0.3) is 0 Å². The van der Waals surface area contributed by atoms with Crippen molar-refractivity contribution in [2.45, 2.75) is 61.8 Å². The highest BCUT2D eigenvalue weighted by Crippen LogP contribution is 2.44. The molecule has 0 aromatic rings. The molecule has 2 unspecified atom stereocenters. The lowest BCUT2D eigenvalue weighted by Gasteiger charge is -2.40. The third kappa shape index (κ3) is 3.12. The molecule has 2 aliphatic carbocycles. The number of rotatable bonds is 2. The van der Waals surface area contributed by atoms with E-state index in [1.54, 1.807) is 0 Å². The molecule has 2 heteroatoms. The van der Waals surface area contributed by atoms with E-state index in [0.29, 0.717) is 11.8 Å². The van der Waals surface area contributed by atoms with Crippen LogP contribution in [-0.4, -0.2) is 16.5 Å². The topological polar surface area (TPSA) is 6.48 Å². The highest BCUT2D eigenvalue weighted by molar-refractivity contribution is 5.39. The molecule has 3 aliphatic rings. The lowest BCUT2D eigenvalue weighted by molar-refractivity contribution is 0.250. The molecule has 0 amide bonds. The smallest absolute Gasteiger partial charge is 0.0983 e. The molecule has 0 N–H and O–H groups in total. The van der Waals surface area contributed by atoms with Gasteiger partial charge in [-0.25, -0.2) is 0 Å². The van der Waals surface area contributed by atoms with Crippen LogP contribution in [0.5, 0.6) is 0 Å². The van der Waals surface area contributed by atoms with Crippen LogP contribution in [0.2, 0.25) is 0 Å². The third-order valence-corrected chi connectivity index (χ3v) is 6.27. The monoisotopic (exact) mass is 338 g/mol. The highest BCUT2D eigenvalue weighted by Gasteiger charge is 2.35. The Balaban J connectivity index is 1.90. The molecule has 0 saturated heterocycles. The van der Waals surface area contributed by atoms with Gasteiger partial charge in [-0.15, -0.1) is 0 Å². The highest BCUT2D eigenvalue weighted by atomic mass is 15.4. The second kappa shape index (κ2) is 6.23. The molecule has 25 heavy (non-hydrogen) atoms. The van der Waals surface area contributed by atoms with Crippen LogP contribution in [0.4, 0.5) is 0 Å². The summed E-state index contributed by atoms with van der Waals surface area (Å²) in [5, 5.41) is 0. The van der Waals surface area contributed by atoms with E-state index in [9.17, 15) is 0 Å². The Morgan fingerprint density at radius 3 is 2.16 bits per heavy atom. The average molecular weight is 339 g/mol. The molecule has 0 radical (unpaired) electrons. The van der Waals surface area contributed by atoms with Crippen LogP contribution >= 0.6 is 0 Å². The lowest BCUT2D eigenvalue weighted by atomic mass is 9.76. The van der Waals surface area contributed by atoms with E-state index in [1.165, 1.54) is 33.7 Å². The van der Waals surface area contributed by atoms with Gasteiger partial charge in [-0.2, -0.15) is 0 Å². The van der Waals surface area contributed by atoms with Crippen molar-refractivity contribution in [1.29, 1.82) is 0 Å². The first-order valence-electron chi connectivity index (χ1n) is 9.61. The second-order valence-electron chi connectivity index (χ2n) is 9.00. The maximum absolute atomic E-state index is 2.46. The molecular formula is C23H34N2. The van der Waals surface area contributed by atoms with Gasteiger partial charge in [0.15, 0.2) is 0 Å². The number of allylic oxidation sites excluding steroid dienone is 8. The van der Waals surface area contributed by atoms with Gasteiger partial charge < -0.3 is 9.80 Å². The average Bonchev–Trinajstić information content (AvgIpc) is 2.91.